The van der Waals surface area contributed by atoms with Gasteiger partial charge < -0.3 is 9.64 Å². The van der Waals surface area contributed by atoms with Crippen LogP contribution in [0.2, 0.25) is 0 Å². The number of hydrogen-bond donors (Lipinski definition) is 0. The Morgan fingerprint density at radius 3 is 2.55 bits per heavy atom. The summed E-state index contributed by atoms with van der Waals surface area (Å²) in [6.07, 6.45) is 9.42. The van der Waals surface area contributed by atoms with E-state index in [1.807, 2.05) is 6.08 Å². The molecule has 3 nitrogen and oxygen atoms in total. The van der Waals surface area contributed by atoms with E-state index in [0.717, 1.165) is 37.7 Å². The van der Waals surface area contributed by atoms with Crippen LogP contribution in [0.3, 0.4) is 0 Å². The van der Waals surface area contributed by atoms with Gasteiger partial charge in [0.15, 0.2) is 0 Å². The maximum absolute atomic E-state index is 12.1. The lowest BCUT2D eigenvalue weighted by Crippen LogP contribution is -2.34. The third-order valence-electron chi connectivity index (χ3n) is 3.25. The van der Waals surface area contributed by atoms with E-state index in [0.29, 0.717) is 13.1 Å². The summed E-state index contributed by atoms with van der Waals surface area (Å²) in [4.78, 5) is 13.8. The Bertz CT molecular complexity index is 401. The van der Waals surface area contributed by atoms with Gasteiger partial charge in [0.05, 0.1) is 0 Å². The van der Waals surface area contributed by atoms with Crippen molar-refractivity contribution in [2.45, 2.75) is 59.3 Å². The fraction of sp³-hybridized carbons (Fsp3) is 0.632. The topological polar surface area (TPSA) is 29.5 Å². The van der Waals surface area contributed by atoms with Crippen molar-refractivity contribution in [2.24, 2.45) is 0 Å². The largest absolute Gasteiger partial charge is 0.445 e. The van der Waals surface area contributed by atoms with Gasteiger partial charge in [-0.05, 0) is 30.9 Å². The molecule has 3 heteroatoms. The molecular weight excluding hydrogens is 274 g/mol. The van der Waals surface area contributed by atoms with Crippen molar-refractivity contribution in [1.82, 2.24) is 4.90 Å². The zero-order valence-corrected chi connectivity index (χ0v) is 14.5. The molecule has 0 aliphatic heterocycles. The maximum Gasteiger partial charge on any atom is 0.410 e. The van der Waals surface area contributed by atoms with Gasteiger partial charge in [0.1, 0.15) is 6.61 Å². The lowest BCUT2D eigenvalue weighted by molar-refractivity contribution is 0.115. The first kappa shape index (κ1) is 20.3. The van der Waals surface area contributed by atoms with Crippen LogP contribution in [0.25, 0.3) is 0 Å². The summed E-state index contributed by atoms with van der Waals surface area (Å²) in [5.74, 6) is 6.26. The van der Waals surface area contributed by atoms with Crippen molar-refractivity contribution in [3.8, 4) is 11.8 Å². The Hall–Kier alpha value is -1.69. The van der Waals surface area contributed by atoms with Crippen LogP contribution >= 0.6 is 0 Å². The zero-order valence-electron chi connectivity index (χ0n) is 14.5. The van der Waals surface area contributed by atoms with Gasteiger partial charge in [-0.2, -0.15) is 0 Å². The molecule has 0 bridgehead atoms. The van der Waals surface area contributed by atoms with Crippen LogP contribution in [-0.2, 0) is 4.74 Å². The number of nitrogens with zero attached hydrogens (tertiary/aromatic N) is 1. The van der Waals surface area contributed by atoms with E-state index < -0.39 is 0 Å². The SMILES string of the molecule is C=CCOC(=O)N(CCCC)C/C(=C\C#CCCCC)CC. The van der Waals surface area contributed by atoms with E-state index in [-0.39, 0.29) is 12.7 Å². The van der Waals surface area contributed by atoms with Crippen molar-refractivity contribution < 1.29 is 9.53 Å². The standard InChI is InChI=1S/C19H31NO2/c1-5-9-11-12-13-14-18(8-4)17-20(15-10-6-2)19(21)22-16-7-3/h7,14H,3,5-6,8-11,15-17H2,1-2,4H3/b18-14-. The summed E-state index contributed by atoms with van der Waals surface area (Å²) in [6, 6.07) is 0. The van der Waals surface area contributed by atoms with E-state index in [1.54, 1.807) is 11.0 Å². The highest BCUT2D eigenvalue weighted by Crippen LogP contribution is 2.07. The highest BCUT2D eigenvalue weighted by molar-refractivity contribution is 5.68. The van der Waals surface area contributed by atoms with Crippen molar-refractivity contribution in [2.75, 3.05) is 19.7 Å². The monoisotopic (exact) mass is 305 g/mol. The Morgan fingerprint density at radius 2 is 1.95 bits per heavy atom. The van der Waals surface area contributed by atoms with Crippen molar-refractivity contribution in [3.63, 3.8) is 0 Å². The van der Waals surface area contributed by atoms with Gasteiger partial charge in [0.2, 0.25) is 0 Å². The van der Waals surface area contributed by atoms with Crippen molar-refractivity contribution >= 4 is 6.09 Å². The highest BCUT2D eigenvalue weighted by atomic mass is 16.6. The van der Waals surface area contributed by atoms with Gasteiger partial charge in [-0.1, -0.05) is 58.1 Å². The molecule has 0 aromatic carbocycles. The lowest BCUT2D eigenvalue weighted by Gasteiger charge is -2.22. The van der Waals surface area contributed by atoms with E-state index in [2.05, 4.69) is 39.2 Å². The lowest BCUT2D eigenvalue weighted by atomic mass is 10.1. The van der Waals surface area contributed by atoms with Crippen LogP contribution in [0.1, 0.15) is 59.3 Å². The Kier molecular flexibility index (Phi) is 13.2. The molecular formula is C19H31NO2. The number of ether oxygens (including phenoxy) is 1. The number of carbonyl (C=O) groups is 1. The predicted octanol–water partition coefficient (Wildman–Crippen LogP) is 4.94. The normalized spacial score (nSPS) is 10.6. The number of allylic oxidation sites excluding steroid dienone is 1. The molecule has 0 saturated heterocycles. The van der Waals surface area contributed by atoms with Crippen LogP contribution in [0.15, 0.2) is 24.3 Å². The molecule has 0 heterocycles. The first-order valence-corrected chi connectivity index (χ1v) is 8.38. The number of carbonyl (C=O) groups excluding carboxylic acids is 1. The zero-order chi connectivity index (χ0) is 16.6. The molecule has 0 rings (SSSR count). The summed E-state index contributed by atoms with van der Waals surface area (Å²) in [5.41, 5.74) is 1.16. The summed E-state index contributed by atoms with van der Waals surface area (Å²) >= 11 is 0. The van der Waals surface area contributed by atoms with Crippen LogP contribution in [0.5, 0.6) is 0 Å². The molecule has 0 saturated carbocycles. The molecule has 0 fully saturated rings. The quantitative estimate of drug-likeness (QED) is 0.325. The molecule has 0 aliphatic carbocycles. The van der Waals surface area contributed by atoms with Gasteiger partial charge in [0.25, 0.3) is 0 Å². The predicted molar refractivity (Wildman–Crippen MR) is 93.7 cm³/mol. The minimum absolute atomic E-state index is 0.253. The molecule has 0 N–H and O–H groups in total. The molecule has 22 heavy (non-hydrogen) atoms. The van der Waals surface area contributed by atoms with Gasteiger partial charge >= 0.3 is 6.09 Å². The third kappa shape index (κ3) is 10.1. The molecule has 0 aromatic rings. The molecule has 0 spiro atoms. The van der Waals surface area contributed by atoms with Crippen LogP contribution in [-0.4, -0.2) is 30.7 Å². The highest BCUT2D eigenvalue weighted by Gasteiger charge is 2.14. The second-order valence-corrected chi connectivity index (χ2v) is 5.22. The van der Waals surface area contributed by atoms with Crippen molar-refractivity contribution in [3.05, 3.63) is 24.3 Å². The number of amides is 1. The number of rotatable bonds is 10. The van der Waals surface area contributed by atoms with Gasteiger partial charge in [0, 0.05) is 19.5 Å². The fourth-order valence-electron chi connectivity index (χ4n) is 1.80. The summed E-state index contributed by atoms with van der Waals surface area (Å²) in [6.45, 7) is 11.5. The summed E-state index contributed by atoms with van der Waals surface area (Å²) < 4.78 is 5.16. The minimum Gasteiger partial charge on any atom is -0.445 e. The fourth-order valence-corrected chi connectivity index (χ4v) is 1.80. The number of hydrogen-bond acceptors (Lipinski definition) is 2. The van der Waals surface area contributed by atoms with Crippen molar-refractivity contribution in [1.29, 1.82) is 0 Å². The molecule has 1 amide bonds. The Labute approximate surface area is 136 Å². The molecule has 0 aliphatic rings. The van der Waals surface area contributed by atoms with Crippen LogP contribution in [0.4, 0.5) is 4.79 Å². The second-order valence-electron chi connectivity index (χ2n) is 5.22. The second kappa shape index (κ2) is 14.3. The minimum atomic E-state index is -0.272. The Morgan fingerprint density at radius 1 is 1.23 bits per heavy atom. The summed E-state index contributed by atoms with van der Waals surface area (Å²) in [5, 5.41) is 0. The maximum atomic E-state index is 12.1. The molecule has 0 radical (unpaired) electrons. The molecule has 124 valence electrons. The van der Waals surface area contributed by atoms with Gasteiger partial charge in [-0.25, -0.2) is 4.79 Å². The van der Waals surface area contributed by atoms with E-state index in [4.69, 9.17) is 4.74 Å². The van der Waals surface area contributed by atoms with Gasteiger partial charge in [-0.3, -0.25) is 0 Å². The number of unbranched alkanes of at least 4 members (excludes halogenated alkanes) is 3. The Balaban J connectivity index is 4.67. The van der Waals surface area contributed by atoms with Crippen LogP contribution < -0.4 is 0 Å². The summed E-state index contributed by atoms with van der Waals surface area (Å²) in [7, 11) is 0. The molecule has 0 aromatic heterocycles. The molecule has 0 unspecified atom stereocenters. The average molecular weight is 305 g/mol. The first-order chi connectivity index (χ1) is 10.7. The van der Waals surface area contributed by atoms with Crippen LogP contribution in [0, 0.1) is 11.8 Å². The average Bonchev–Trinajstić information content (AvgIpc) is 2.54. The van der Waals surface area contributed by atoms with E-state index >= 15 is 0 Å². The smallest absolute Gasteiger partial charge is 0.410 e. The third-order valence-corrected chi connectivity index (χ3v) is 3.25. The van der Waals surface area contributed by atoms with E-state index in [1.165, 1.54) is 6.42 Å². The van der Waals surface area contributed by atoms with E-state index in [9.17, 15) is 4.79 Å². The molecule has 0 atom stereocenters. The first-order valence-electron chi connectivity index (χ1n) is 8.38. The van der Waals surface area contributed by atoms with Gasteiger partial charge in [-0.15, -0.1) is 0 Å².